The van der Waals surface area contributed by atoms with Crippen molar-refractivity contribution in [3.63, 3.8) is 0 Å². The number of aliphatic carboxylic acids is 1. The molecule has 0 bridgehead atoms. The second kappa shape index (κ2) is 4.91. The predicted molar refractivity (Wildman–Crippen MR) is 59.5 cm³/mol. The molecule has 0 radical (unpaired) electrons. The molecule has 0 aromatic heterocycles. The average molecular weight is 245 g/mol. The van der Waals surface area contributed by atoms with Crippen LogP contribution in [0.2, 0.25) is 0 Å². The predicted octanol–water partition coefficient (Wildman–Crippen LogP) is 0.735. The van der Waals surface area contributed by atoms with Crippen molar-refractivity contribution >= 4 is 12.1 Å². The van der Waals surface area contributed by atoms with E-state index in [1.165, 1.54) is 0 Å². The van der Waals surface area contributed by atoms with Crippen LogP contribution in [0, 0.1) is 5.92 Å². The second-order valence-corrected chi connectivity index (χ2v) is 5.33. The van der Waals surface area contributed by atoms with Gasteiger partial charge in [0, 0.05) is 0 Å². The lowest BCUT2D eigenvalue weighted by Gasteiger charge is -2.22. The molecule has 17 heavy (non-hydrogen) atoms. The number of aliphatic hydroxyl groups is 1. The highest BCUT2D eigenvalue weighted by atomic mass is 16.6. The molecule has 0 spiro atoms. The Labute approximate surface area is 100.0 Å². The summed E-state index contributed by atoms with van der Waals surface area (Å²) >= 11 is 0. The van der Waals surface area contributed by atoms with Gasteiger partial charge in [-0.05, 0) is 33.6 Å². The number of hydrogen-bond acceptors (Lipinski definition) is 4. The van der Waals surface area contributed by atoms with Gasteiger partial charge in [0.25, 0.3) is 0 Å². The number of hydrogen-bond donors (Lipinski definition) is 3. The molecule has 0 saturated heterocycles. The van der Waals surface area contributed by atoms with E-state index in [0.29, 0.717) is 0 Å². The number of carbonyl (C=O) groups is 2. The fraction of sp³-hybridized carbons (Fsp3) is 0.818. The molecule has 6 heteroatoms. The number of ether oxygens (including phenoxy) is 1. The van der Waals surface area contributed by atoms with E-state index in [2.05, 4.69) is 5.32 Å². The molecule has 6 nitrogen and oxygen atoms in total. The van der Waals surface area contributed by atoms with Crippen LogP contribution in [0.3, 0.4) is 0 Å². The molecule has 98 valence electrons. The first-order valence-corrected chi connectivity index (χ1v) is 5.59. The maximum atomic E-state index is 11.4. The van der Waals surface area contributed by atoms with Crippen molar-refractivity contribution in [3.8, 4) is 0 Å². The summed E-state index contributed by atoms with van der Waals surface area (Å²) in [6, 6.07) is -0.550. The number of carboxylic acids is 1. The lowest BCUT2D eigenvalue weighted by molar-refractivity contribution is -0.141. The standard InChI is InChI=1S/C11H19NO5/c1-11(2,3)17-10(16)12-7-4-6(9(14)15)5-8(7)13/h6-8,13H,4-5H2,1-3H3,(H,12,16)(H,14,15)/t6?,7-,8+/m0/s1. The molecule has 3 N–H and O–H groups in total. The van der Waals surface area contributed by atoms with Gasteiger partial charge in [-0.3, -0.25) is 4.79 Å². The number of amides is 1. The van der Waals surface area contributed by atoms with E-state index in [-0.39, 0.29) is 12.8 Å². The molecule has 1 saturated carbocycles. The molecule has 1 amide bonds. The SMILES string of the molecule is CC(C)(C)OC(=O)N[C@H]1CC(C(=O)O)C[C@H]1O. The van der Waals surface area contributed by atoms with Gasteiger partial charge in [-0.2, -0.15) is 0 Å². The Morgan fingerprint density at radius 3 is 2.29 bits per heavy atom. The fourth-order valence-electron chi connectivity index (χ4n) is 1.83. The lowest BCUT2D eigenvalue weighted by Crippen LogP contribution is -2.42. The number of nitrogens with one attached hydrogen (secondary N) is 1. The summed E-state index contributed by atoms with van der Waals surface area (Å²) in [5, 5.41) is 20.9. The van der Waals surface area contributed by atoms with Gasteiger partial charge >= 0.3 is 12.1 Å². The summed E-state index contributed by atoms with van der Waals surface area (Å²) in [7, 11) is 0. The van der Waals surface area contributed by atoms with Crippen molar-refractivity contribution in [2.75, 3.05) is 0 Å². The molecule has 0 aromatic rings. The largest absolute Gasteiger partial charge is 0.481 e. The minimum Gasteiger partial charge on any atom is -0.481 e. The molecule has 3 atom stereocenters. The lowest BCUT2D eigenvalue weighted by atomic mass is 10.1. The molecule has 0 aromatic carbocycles. The van der Waals surface area contributed by atoms with Crippen LogP contribution < -0.4 is 5.32 Å². The molecule has 1 rings (SSSR count). The van der Waals surface area contributed by atoms with Gasteiger partial charge in [-0.25, -0.2) is 4.79 Å². The van der Waals surface area contributed by atoms with Crippen LogP contribution in [-0.2, 0) is 9.53 Å². The Kier molecular flexibility index (Phi) is 3.98. The van der Waals surface area contributed by atoms with E-state index < -0.39 is 35.7 Å². The molecular formula is C11H19NO5. The zero-order valence-electron chi connectivity index (χ0n) is 10.3. The second-order valence-electron chi connectivity index (χ2n) is 5.33. The van der Waals surface area contributed by atoms with Gasteiger partial charge in [0.2, 0.25) is 0 Å². The minimum absolute atomic E-state index is 0.162. The molecular weight excluding hydrogens is 226 g/mol. The van der Waals surface area contributed by atoms with Crippen molar-refractivity contribution in [2.24, 2.45) is 5.92 Å². The Morgan fingerprint density at radius 2 is 1.88 bits per heavy atom. The van der Waals surface area contributed by atoms with E-state index in [9.17, 15) is 14.7 Å². The molecule has 1 fully saturated rings. The van der Waals surface area contributed by atoms with Crippen LogP contribution >= 0.6 is 0 Å². The van der Waals surface area contributed by atoms with E-state index in [0.717, 1.165) is 0 Å². The van der Waals surface area contributed by atoms with Crippen molar-refractivity contribution in [1.29, 1.82) is 0 Å². The van der Waals surface area contributed by atoms with E-state index in [4.69, 9.17) is 9.84 Å². The number of carbonyl (C=O) groups excluding carboxylic acids is 1. The quantitative estimate of drug-likeness (QED) is 0.666. The summed E-state index contributed by atoms with van der Waals surface area (Å²) in [5.74, 6) is -1.55. The van der Waals surface area contributed by atoms with Gasteiger partial charge in [0.05, 0.1) is 18.1 Å². The van der Waals surface area contributed by atoms with Gasteiger partial charge < -0.3 is 20.3 Å². The highest BCUT2D eigenvalue weighted by molar-refractivity contribution is 5.72. The summed E-state index contributed by atoms with van der Waals surface area (Å²) in [5.41, 5.74) is -0.611. The van der Waals surface area contributed by atoms with Crippen LogP contribution in [0.1, 0.15) is 33.6 Å². The third kappa shape index (κ3) is 4.22. The molecule has 1 aliphatic rings. The summed E-state index contributed by atoms with van der Waals surface area (Å²) in [4.78, 5) is 22.2. The Balaban J connectivity index is 2.47. The van der Waals surface area contributed by atoms with Crippen molar-refractivity contribution < 1.29 is 24.5 Å². The Hall–Kier alpha value is -1.30. The van der Waals surface area contributed by atoms with Gasteiger partial charge in [-0.1, -0.05) is 0 Å². The maximum Gasteiger partial charge on any atom is 0.407 e. The van der Waals surface area contributed by atoms with E-state index in [1.54, 1.807) is 20.8 Å². The summed E-state index contributed by atoms with van der Waals surface area (Å²) < 4.78 is 5.04. The van der Waals surface area contributed by atoms with E-state index in [1.807, 2.05) is 0 Å². The van der Waals surface area contributed by atoms with Crippen LogP contribution in [-0.4, -0.2) is 40.0 Å². The Morgan fingerprint density at radius 1 is 1.29 bits per heavy atom. The van der Waals surface area contributed by atoms with Crippen molar-refractivity contribution in [3.05, 3.63) is 0 Å². The fourth-order valence-corrected chi connectivity index (χ4v) is 1.83. The van der Waals surface area contributed by atoms with Gasteiger partial charge in [-0.15, -0.1) is 0 Å². The number of aliphatic hydroxyl groups excluding tert-OH is 1. The normalized spacial score (nSPS) is 28.8. The number of alkyl carbamates (subject to hydrolysis) is 1. The molecule has 0 heterocycles. The zero-order chi connectivity index (χ0) is 13.2. The van der Waals surface area contributed by atoms with Crippen LogP contribution in [0.5, 0.6) is 0 Å². The topological polar surface area (TPSA) is 95.9 Å². The first-order chi connectivity index (χ1) is 7.69. The third-order valence-corrected chi connectivity index (χ3v) is 2.58. The van der Waals surface area contributed by atoms with Crippen LogP contribution in [0.4, 0.5) is 4.79 Å². The number of rotatable bonds is 2. The smallest absolute Gasteiger partial charge is 0.407 e. The summed E-state index contributed by atoms with van der Waals surface area (Å²) in [6.45, 7) is 5.20. The van der Waals surface area contributed by atoms with Gasteiger partial charge in [0.1, 0.15) is 5.60 Å². The maximum absolute atomic E-state index is 11.4. The highest BCUT2D eigenvalue weighted by Gasteiger charge is 2.38. The van der Waals surface area contributed by atoms with E-state index >= 15 is 0 Å². The number of carboxylic acid groups (broad SMARTS) is 1. The molecule has 1 aliphatic carbocycles. The third-order valence-electron chi connectivity index (χ3n) is 2.58. The average Bonchev–Trinajstić information content (AvgIpc) is 2.44. The Bertz CT molecular complexity index is 309. The zero-order valence-corrected chi connectivity index (χ0v) is 10.3. The van der Waals surface area contributed by atoms with Crippen molar-refractivity contribution in [2.45, 2.75) is 51.4 Å². The highest BCUT2D eigenvalue weighted by Crippen LogP contribution is 2.26. The van der Waals surface area contributed by atoms with Crippen molar-refractivity contribution in [1.82, 2.24) is 5.32 Å². The van der Waals surface area contributed by atoms with Crippen LogP contribution in [0.25, 0.3) is 0 Å². The minimum atomic E-state index is -0.947. The summed E-state index contributed by atoms with van der Waals surface area (Å²) in [6.07, 6.45) is -1.07. The molecule has 1 unspecified atom stereocenters. The first-order valence-electron chi connectivity index (χ1n) is 5.59. The molecule has 0 aliphatic heterocycles. The van der Waals surface area contributed by atoms with Crippen LogP contribution in [0.15, 0.2) is 0 Å². The monoisotopic (exact) mass is 245 g/mol. The first kappa shape index (κ1) is 13.8. The van der Waals surface area contributed by atoms with Gasteiger partial charge in [0.15, 0.2) is 0 Å².